The molecule has 2 amide bonds. The molecule has 3 heterocycles. The van der Waals surface area contributed by atoms with Crippen molar-refractivity contribution >= 4 is 40.7 Å². The molecular formula is C21H16Cl2FN5O2. The molecule has 0 saturated heterocycles. The predicted octanol–water partition coefficient (Wildman–Crippen LogP) is 3.82. The largest absolute Gasteiger partial charge is 0.348 e. The normalized spacial score (nSPS) is 13.2. The van der Waals surface area contributed by atoms with E-state index in [1.54, 1.807) is 31.6 Å². The topological polar surface area (TPSA) is 88.1 Å². The first-order valence-corrected chi connectivity index (χ1v) is 10.1. The number of fused-ring (bicyclic) bond motifs is 1. The Labute approximate surface area is 187 Å². The maximum atomic E-state index is 14.8. The van der Waals surface area contributed by atoms with Gasteiger partial charge in [0.05, 0.1) is 5.56 Å². The maximum Gasteiger partial charge on any atom is 0.254 e. The Hall–Kier alpha value is -3.10. The van der Waals surface area contributed by atoms with E-state index in [-0.39, 0.29) is 28.3 Å². The predicted molar refractivity (Wildman–Crippen MR) is 115 cm³/mol. The summed E-state index contributed by atoms with van der Waals surface area (Å²) in [6, 6.07) is 6.19. The van der Waals surface area contributed by atoms with Crippen molar-refractivity contribution in [1.82, 2.24) is 20.5 Å². The molecule has 0 spiro atoms. The Bertz CT molecular complexity index is 1200. The SMILES string of the molecule is CN1C(=O)CCc2cc(-c3cncc(CNC(=O)c4cc(Cl)nnc4Cl)c3)c(F)cc21. The number of carbonyl (C=O) groups is 2. The van der Waals surface area contributed by atoms with E-state index in [0.717, 1.165) is 5.56 Å². The molecule has 0 aliphatic carbocycles. The molecule has 0 saturated carbocycles. The van der Waals surface area contributed by atoms with Crippen LogP contribution in [0.1, 0.15) is 27.9 Å². The Balaban J connectivity index is 1.56. The van der Waals surface area contributed by atoms with Gasteiger partial charge in [0.25, 0.3) is 5.91 Å². The number of anilines is 1. The summed E-state index contributed by atoms with van der Waals surface area (Å²) in [5.74, 6) is -0.961. The van der Waals surface area contributed by atoms with Gasteiger partial charge >= 0.3 is 0 Å². The van der Waals surface area contributed by atoms with E-state index in [0.29, 0.717) is 35.2 Å². The molecule has 7 nitrogen and oxygen atoms in total. The minimum atomic E-state index is -0.472. The summed E-state index contributed by atoms with van der Waals surface area (Å²) in [5.41, 5.74) is 3.20. The van der Waals surface area contributed by atoms with Gasteiger partial charge < -0.3 is 10.2 Å². The van der Waals surface area contributed by atoms with Crippen LogP contribution in [0.2, 0.25) is 10.3 Å². The number of hydrogen-bond donors (Lipinski definition) is 1. The van der Waals surface area contributed by atoms with Crippen LogP contribution in [0, 0.1) is 5.82 Å². The van der Waals surface area contributed by atoms with Crippen molar-refractivity contribution in [2.45, 2.75) is 19.4 Å². The fraction of sp³-hybridized carbons (Fsp3) is 0.190. The lowest BCUT2D eigenvalue weighted by molar-refractivity contribution is -0.118. The van der Waals surface area contributed by atoms with Gasteiger partial charge in [-0.3, -0.25) is 14.6 Å². The van der Waals surface area contributed by atoms with Crippen molar-refractivity contribution in [1.29, 1.82) is 0 Å². The Morgan fingerprint density at radius 3 is 2.77 bits per heavy atom. The van der Waals surface area contributed by atoms with Gasteiger partial charge in [-0.1, -0.05) is 23.2 Å². The molecule has 31 heavy (non-hydrogen) atoms. The van der Waals surface area contributed by atoms with Crippen molar-refractivity contribution in [2.75, 3.05) is 11.9 Å². The Morgan fingerprint density at radius 2 is 1.97 bits per heavy atom. The molecule has 3 aromatic rings. The van der Waals surface area contributed by atoms with E-state index >= 15 is 0 Å². The number of nitrogens with one attached hydrogen (secondary N) is 1. The van der Waals surface area contributed by atoms with Crippen molar-refractivity contribution in [3.8, 4) is 11.1 Å². The number of hydrogen-bond acceptors (Lipinski definition) is 5. The van der Waals surface area contributed by atoms with Crippen LogP contribution in [-0.2, 0) is 17.8 Å². The highest BCUT2D eigenvalue weighted by Crippen LogP contribution is 2.33. The van der Waals surface area contributed by atoms with E-state index < -0.39 is 11.7 Å². The van der Waals surface area contributed by atoms with E-state index in [1.165, 1.54) is 17.0 Å². The molecule has 1 N–H and O–H groups in total. The van der Waals surface area contributed by atoms with Crippen LogP contribution in [0.3, 0.4) is 0 Å². The van der Waals surface area contributed by atoms with Crippen LogP contribution in [0.5, 0.6) is 0 Å². The molecule has 0 radical (unpaired) electrons. The van der Waals surface area contributed by atoms with E-state index in [1.807, 2.05) is 0 Å². The Kier molecular flexibility index (Phi) is 5.84. The number of benzene rings is 1. The first-order valence-electron chi connectivity index (χ1n) is 9.33. The van der Waals surface area contributed by atoms with Crippen molar-refractivity contribution < 1.29 is 14.0 Å². The van der Waals surface area contributed by atoms with Crippen LogP contribution in [0.15, 0.2) is 36.7 Å². The average molecular weight is 460 g/mol. The van der Waals surface area contributed by atoms with Gasteiger partial charge in [0.2, 0.25) is 5.91 Å². The lowest BCUT2D eigenvalue weighted by atomic mass is 9.96. The highest BCUT2D eigenvalue weighted by atomic mass is 35.5. The summed E-state index contributed by atoms with van der Waals surface area (Å²) in [7, 11) is 1.64. The summed E-state index contributed by atoms with van der Waals surface area (Å²) in [6.07, 6.45) is 4.07. The standard InChI is InChI=1S/C21H16Cl2FN5O2/c1-29-17-7-16(24)14(5-12(17)2-3-19(29)30)13-4-11(8-25-10-13)9-26-21(31)15-6-18(22)27-28-20(15)23/h4-8,10H,2-3,9H2,1H3,(H,26,31). The third-order valence-electron chi connectivity index (χ3n) is 5.03. The van der Waals surface area contributed by atoms with Crippen LogP contribution in [0.4, 0.5) is 10.1 Å². The van der Waals surface area contributed by atoms with E-state index in [9.17, 15) is 14.0 Å². The van der Waals surface area contributed by atoms with E-state index in [4.69, 9.17) is 23.2 Å². The quantitative estimate of drug-likeness (QED) is 0.640. The van der Waals surface area contributed by atoms with Gasteiger partial charge in [0.1, 0.15) is 5.82 Å². The number of carbonyl (C=O) groups excluding carboxylic acids is 2. The first-order chi connectivity index (χ1) is 14.8. The van der Waals surface area contributed by atoms with Crippen molar-refractivity contribution in [2.24, 2.45) is 0 Å². The zero-order chi connectivity index (χ0) is 22.1. The fourth-order valence-corrected chi connectivity index (χ4v) is 3.73. The van der Waals surface area contributed by atoms with Gasteiger partial charge in [-0.05, 0) is 41.8 Å². The molecule has 158 valence electrons. The third-order valence-corrected chi connectivity index (χ3v) is 5.50. The number of aromatic nitrogens is 3. The zero-order valence-corrected chi connectivity index (χ0v) is 17.8. The lowest BCUT2D eigenvalue weighted by Crippen LogP contribution is -2.31. The molecule has 0 unspecified atom stereocenters. The molecular weight excluding hydrogens is 444 g/mol. The zero-order valence-electron chi connectivity index (χ0n) is 16.3. The fourth-order valence-electron chi connectivity index (χ4n) is 3.41. The number of nitrogens with zero attached hydrogens (tertiary/aromatic N) is 4. The summed E-state index contributed by atoms with van der Waals surface area (Å²) in [4.78, 5) is 29.9. The third kappa shape index (κ3) is 4.35. The monoisotopic (exact) mass is 459 g/mol. The van der Waals surface area contributed by atoms with Crippen molar-refractivity contribution in [3.05, 3.63) is 69.5 Å². The van der Waals surface area contributed by atoms with Gasteiger partial charge in [-0.15, -0.1) is 10.2 Å². The number of pyridine rings is 1. The molecule has 1 aromatic carbocycles. The molecule has 4 rings (SSSR count). The number of rotatable bonds is 4. The summed E-state index contributed by atoms with van der Waals surface area (Å²) in [5, 5.41) is 9.87. The molecule has 1 aliphatic heterocycles. The number of aryl methyl sites for hydroxylation is 1. The molecule has 1 aliphatic rings. The van der Waals surface area contributed by atoms with E-state index in [2.05, 4.69) is 20.5 Å². The maximum absolute atomic E-state index is 14.8. The number of amides is 2. The summed E-state index contributed by atoms with van der Waals surface area (Å²) in [6.45, 7) is 0.139. The minimum Gasteiger partial charge on any atom is -0.348 e. The molecule has 0 bridgehead atoms. The van der Waals surface area contributed by atoms with Gasteiger partial charge in [0.15, 0.2) is 10.3 Å². The second kappa shape index (κ2) is 8.56. The molecule has 2 aromatic heterocycles. The van der Waals surface area contributed by atoms with Crippen molar-refractivity contribution in [3.63, 3.8) is 0 Å². The van der Waals surface area contributed by atoms with Crippen LogP contribution < -0.4 is 10.2 Å². The Morgan fingerprint density at radius 1 is 1.16 bits per heavy atom. The van der Waals surface area contributed by atoms with Crippen LogP contribution in [0.25, 0.3) is 11.1 Å². The smallest absolute Gasteiger partial charge is 0.254 e. The second-order valence-corrected chi connectivity index (χ2v) is 7.79. The van der Waals surface area contributed by atoms with Gasteiger partial charge in [-0.2, -0.15) is 0 Å². The molecule has 0 fully saturated rings. The lowest BCUT2D eigenvalue weighted by Gasteiger charge is -2.26. The van der Waals surface area contributed by atoms with Gasteiger partial charge in [-0.25, -0.2) is 4.39 Å². The summed E-state index contributed by atoms with van der Waals surface area (Å²) >= 11 is 11.7. The highest BCUT2D eigenvalue weighted by Gasteiger charge is 2.23. The van der Waals surface area contributed by atoms with Crippen LogP contribution >= 0.6 is 23.2 Å². The first kappa shape index (κ1) is 21.1. The average Bonchev–Trinajstić information content (AvgIpc) is 2.76. The second-order valence-electron chi connectivity index (χ2n) is 7.05. The highest BCUT2D eigenvalue weighted by molar-refractivity contribution is 6.34. The van der Waals surface area contributed by atoms with Gasteiger partial charge in [0, 0.05) is 49.2 Å². The molecule has 10 heteroatoms. The minimum absolute atomic E-state index is 0.0372. The summed E-state index contributed by atoms with van der Waals surface area (Å²) < 4.78 is 14.8. The van der Waals surface area contributed by atoms with Crippen LogP contribution in [-0.4, -0.2) is 34.0 Å². The number of halogens is 3. The molecule has 0 atom stereocenters.